The monoisotopic (exact) mass is 398 g/mol. The van der Waals surface area contributed by atoms with E-state index >= 15 is 0 Å². The summed E-state index contributed by atoms with van der Waals surface area (Å²) in [4.78, 5) is 40.0. The SMILES string of the molecule is CC1CC(C(=O)O)CN(C(=O)C2CCN(c3cc(Cl)ccc3Cl)C2=O)C1. The summed E-state index contributed by atoms with van der Waals surface area (Å²) in [5, 5.41) is 10.1. The fourth-order valence-electron chi connectivity index (χ4n) is 3.77. The minimum absolute atomic E-state index is 0.0868. The number of likely N-dealkylation sites (tertiary alicyclic amines) is 1. The minimum atomic E-state index is -0.903. The molecule has 2 fully saturated rings. The van der Waals surface area contributed by atoms with Gasteiger partial charge in [0.25, 0.3) is 0 Å². The van der Waals surface area contributed by atoms with Crippen LogP contribution in [0, 0.1) is 17.8 Å². The lowest BCUT2D eigenvalue weighted by Crippen LogP contribution is -2.49. The Kier molecular flexibility index (Phi) is 5.44. The van der Waals surface area contributed by atoms with Gasteiger partial charge in [0.05, 0.1) is 16.6 Å². The maximum absolute atomic E-state index is 12.9. The first-order valence-corrected chi connectivity index (χ1v) is 9.31. The molecule has 2 saturated heterocycles. The highest BCUT2D eigenvalue weighted by Crippen LogP contribution is 2.34. The van der Waals surface area contributed by atoms with Crippen LogP contribution in [-0.4, -0.2) is 47.4 Å². The summed E-state index contributed by atoms with van der Waals surface area (Å²) in [7, 11) is 0. The molecule has 0 aromatic heterocycles. The molecule has 0 saturated carbocycles. The summed E-state index contributed by atoms with van der Waals surface area (Å²) in [5.41, 5.74) is 0.495. The predicted molar refractivity (Wildman–Crippen MR) is 98.4 cm³/mol. The number of piperidine rings is 1. The van der Waals surface area contributed by atoms with E-state index in [0.717, 1.165) is 0 Å². The Bertz CT molecular complexity index is 755. The Morgan fingerprint density at radius 1 is 1.23 bits per heavy atom. The van der Waals surface area contributed by atoms with Crippen molar-refractivity contribution in [2.24, 2.45) is 17.8 Å². The Morgan fingerprint density at radius 2 is 1.96 bits per heavy atom. The average Bonchev–Trinajstić information content (AvgIpc) is 2.97. The molecule has 2 aliphatic rings. The maximum atomic E-state index is 12.9. The number of hydrogen-bond donors (Lipinski definition) is 1. The highest BCUT2D eigenvalue weighted by atomic mass is 35.5. The average molecular weight is 399 g/mol. The van der Waals surface area contributed by atoms with E-state index < -0.39 is 17.8 Å². The quantitative estimate of drug-likeness (QED) is 0.793. The van der Waals surface area contributed by atoms with Gasteiger partial charge in [-0.1, -0.05) is 30.1 Å². The standard InChI is InChI=1S/C18H20Cl2N2O4/c1-10-6-11(18(25)26)9-21(8-10)16(23)13-4-5-22(17(13)24)15-7-12(19)2-3-14(15)20/h2-3,7,10-11,13H,4-6,8-9H2,1H3,(H,25,26). The molecule has 8 heteroatoms. The number of carboxylic acids is 1. The second kappa shape index (κ2) is 7.45. The van der Waals surface area contributed by atoms with Crippen LogP contribution in [0.15, 0.2) is 18.2 Å². The number of benzene rings is 1. The molecule has 0 radical (unpaired) electrons. The molecular formula is C18H20Cl2N2O4. The van der Waals surface area contributed by atoms with E-state index in [1.807, 2.05) is 6.92 Å². The number of carbonyl (C=O) groups excluding carboxylic acids is 2. The molecule has 0 bridgehead atoms. The van der Waals surface area contributed by atoms with Gasteiger partial charge in [-0.25, -0.2) is 0 Å². The predicted octanol–water partition coefficient (Wildman–Crippen LogP) is 2.92. The first kappa shape index (κ1) is 19.0. The van der Waals surface area contributed by atoms with E-state index in [4.69, 9.17) is 23.2 Å². The first-order chi connectivity index (χ1) is 12.3. The van der Waals surface area contributed by atoms with Gasteiger partial charge >= 0.3 is 5.97 Å². The van der Waals surface area contributed by atoms with Crippen molar-refractivity contribution in [3.63, 3.8) is 0 Å². The van der Waals surface area contributed by atoms with Crippen LogP contribution in [0.2, 0.25) is 10.0 Å². The molecular weight excluding hydrogens is 379 g/mol. The van der Waals surface area contributed by atoms with Crippen LogP contribution in [0.3, 0.4) is 0 Å². The molecule has 26 heavy (non-hydrogen) atoms. The molecule has 2 amide bonds. The van der Waals surface area contributed by atoms with Gasteiger partial charge in [-0.05, 0) is 37.0 Å². The third kappa shape index (κ3) is 3.67. The first-order valence-electron chi connectivity index (χ1n) is 8.56. The Balaban J connectivity index is 1.76. The van der Waals surface area contributed by atoms with Crippen molar-refractivity contribution in [3.05, 3.63) is 28.2 Å². The van der Waals surface area contributed by atoms with Crippen LogP contribution in [-0.2, 0) is 14.4 Å². The zero-order valence-corrected chi connectivity index (χ0v) is 15.8. The van der Waals surface area contributed by atoms with Crippen molar-refractivity contribution in [1.29, 1.82) is 0 Å². The molecule has 3 unspecified atom stereocenters. The molecule has 0 aliphatic carbocycles. The number of anilines is 1. The lowest BCUT2D eigenvalue weighted by atomic mass is 9.89. The van der Waals surface area contributed by atoms with Crippen LogP contribution < -0.4 is 4.90 Å². The number of carboxylic acid groups (broad SMARTS) is 1. The Labute approximate surface area is 161 Å². The minimum Gasteiger partial charge on any atom is -0.481 e. The number of rotatable bonds is 3. The number of carbonyl (C=O) groups is 3. The van der Waals surface area contributed by atoms with E-state index in [0.29, 0.717) is 41.7 Å². The van der Waals surface area contributed by atoms with Crippen molar-refractivity contribution in [2.75, 3.05) is 24.5 Å². The fraction of sp³-hybridized carbons (Fsp3) is 0.500. The third-order valence-corrected chi connectivity index (χ3v) is 5.58. The van der Waals surface area contributed by atoms with Crippen LogP contribution >= 0.6 is 23.2 Å². The van der Waals surface area contributed by atoms with E-state index in [1.165, 1.54) is 9.80 Å². The lowest BCUT2D eigenvalue weighted by molar-refractivity contribution is -0.148. The second-order valence-corrected chi connectivity index (χ2v) is 7.89. The molecule has 3 rings (SSSR count). The summed E-state index contributed by atoms with van der Waals surface area (Å²) in [6.07, 6.45) is 0.922. The summed E-state index contributed by atoms with van der Waals surface area (Å²) in [5.74, 6) is -2.82. The zero-order valence-electron chi connectivity index (χ0n) is 14.3. The van der Waals surface area contributed by atoms with Crippen molar-refractivity contribution in [1.82, 2.24) is 4.90 Å². The van der Waals surface area contributed by atoms with Crippen molar-refractivity contribution in [2.45, 2.75) is 19.8 Å². The topological polar surface area (TPSA) is 77.9 Å². The van der Waals surface area contributed by atoms with E-state index in [9.17, 15) is 19.5 Å². The number of amides is 2. The van der Waals surface area contributed by atoms with Crippen LogP contribution in [0.1, 0.15) is 19.8 Å². The van der Waals surface area contributed by atoms with Gasteiger partial charge in [-0.3, -0.25) is 14.4 Å². The van der Waals surface area contributed by atoms with Crippen molar-refractivity contribution >= 4 is 46.7 Å². The smallest absolute Gasteiger partial charge is 0.308 e. The Morgan fingerprint density at radius 3 is 2.65 bits per heavy atom. The number of nitrogens with zero attached hydrogens (tertiary/aromatic N) is 2. The van der Waals surface area contributed by atoms with E-state index in [2.05, 4.69) is 0 Å². The third-order valence-electron chi connectivity index (χ3n) is 5.02. The van der Waals surface area contributed by atoms with E-state index in [-0.39, 0.29) is 24.3 Å². The fourth-order valence-corrected chi connectivity index (χ4v) is 4.16. The maximum Gasteiger partial charge on any atom is 0.308 e. The number of hydrogen-bond acceptors (Lipinski definition) is 3. The molecule has 1 aromatic rings. The molecule has 1 N–H and O–H groups in total. The summed E-state index contributed by atoms with van der Waals surface area (Å²) < 4.78 is 0. The summed E-state index contributed by atoms with van der Waals surface area (Å²) in [6.45, 7) is 2.93. The van der Waals surface area contributed by atoms with Gasteiger partial charge in [-0.2, -0.15) is 0 Å². The van der Waals surface area contributed by atoms with Crippen molar-refractivity contribution < 1.29 is 19.5 Å². The molecule has 6 nitrogen and oxygen atoms in total. The molecule has 1 aromatic carbocycles. The van der Waals surface area contributed by atoms with Gasteiger partial charge in [0, 0.05) is 24.7 Å². The largest absolute Gasteiger partial charge is 0.481 e. The Hall–Kier alpha value is -1.79. The van der Waals surface area contributed by atoms with Crippen LogP contribution in [0.25, 0.3) is 0 Å². The van der Waals surface area contributed by atoms with Crippen molar-refractivity contribution in [3.8, 4) is 0 Å². The zero-order chi connectivity index (χ0) is 19.0. The van der Waals surface area contributed by atoms with E-state index in [1.54, 1.807) is 18.2 Å². The summed E-state index contributed by atoms with van der Waals surface area (Å²) in [6, 6.07) is 4.86. The molecule has 140 valence electrons. The highest BCUT2D eigenvalue weighted by Gasteiger charge is 2.42. The van der Waals surface area contributed by atoms with Crippen LogP contribution in [0.4, 0.5) is 5.69 Å². The number of halogens is 2. The van der Waals surface area contributed by atoms with Gasteiger partial charge in [-0.15, -0.1) is 0 Å². The molecule has 0 spiro atoms. The van der Waals surface area contributed by atoms with Crippen LogP contribution in [0.5, 0.6) is 0 Å². The lowest BCUT2D eigenvalue weighted by Gasteiger charge is -2.35. The van der Waals surface area contributed by atoms with Gasteiger partial charge in [0.2, 0.25) is 11.8 Å². The number of aliphatic carboxylic acids is 1. The molecule has 3 atom stereocenters. The van der Waals surface area contributed by atoms with Gasteiger partial charge < -0.3 is 14.9 Å². The van der Waals surface area contributed by atoms with Gasteiger partial charge in [0.1, 0.15) is 5.92 Å². The second-order valence-electron chi connectivity index (χ2n) is 7.05. The molecule has 2 heterocycles. The highest BCUT2D eigenvalue weighted by molar-refractivity contribution is 6.36. The summed E-state index contributed by atoms with van der Waals surface area (Å²) >= 11 is 12.2. The molecule has 2 aliphatic heterocycles. The van der Waals surface area contributed by atoms with Gasteiger partial charge in [0.15, 0.2) is 0 Å². The normalized spacial score (nSPS) is 26.3.